The summed E-state index contributed by atoms with van der Waals surface area (Å²) in [5.74, 6) is -0.884. The van der Waals surface area contributed by atoms with E-state index in [0.29, 0.717) is 0 Å². The Balaban J connectivity index is 2.32. The van der Waals surface area contributed by atoms with Gasteiger partial charge in [0, 0.05) is 19.5 Å². The van der Waals surface area contributed by atoms with Gasteiger partial charge in [0.1, 0.15) is 11.8 Å². The lowest BCUT2D eigenvalue weighted by atomic mass is 9.96. The number of alkyl halides is 3. The average molecular weight is 344 g/mol. The van der Waals surface area contributed by atoms with E-state index in [4.69, 9.17) is 4.74 Å². The Bertz CT molecular complexity index is 619. The first-order valence-corrected chi connectivity index (χ1v) is 7.52. The van der Waals surface area contributed by atoms with Gasteiger partial charge in [-0.1, -0.05) is 12.1 Å². The number of ether oxygens (including phenoxy) is 1. The number of piperidine rings is 1. The number of carbonyl (C=O) groups is 2. The third kappa shape index (κ3) is 3.98. The minimum atomic E-state index is -4.53. The van der Waals surface area contributed by atoms with Crippen LogP contribution in [0.2, 0.25) is 0 Å². The molecule has 0 radical (unpaired) electrons. The number of halogens is 3. The fourth-order valence-corrected chi connectivity index (χ4v) is 2.92. The topological polar surface area (TPSA) is 58.6 Å². The van der Waals surface area contributed by atoms with E-state index in [2.05, 4.69) is 5.32 Å². The van der Waals surface area contributed by atoms with Gasteiger partial charge in [0.15, 0.2) is 0 Å². The number of carbonyl (C=O) groups excluding carboxylic acids is 2. The van der Waals surface area contributed by atoms with Crippen LogP contribution in [0, 0.1) is 0 Å². The molecule has 1 aliphatic rings. The Morgan fingerprint density at radius 2 is 1.92 bits per heavy atom. The molecule has 2 rings (SSSR count). The third-order valence-corrected chi connectivity index (χ3v) is 3.97. The van der Waals surface area contributed by atoms with Crippen molar-refractivity contribution in [3.05, 3.63) is 29.8 Å². The van der Waals surface area contributed by atoms with E-state index in [9.17, 15) is 22.8 Å². The molecule has 2 atom stereocenters. The van der Waals surface area contributed by atoms with E-state index < -0.39 is 24.2 Å². The van der Waals surface area contributed by atoms with Gasteiger partial charge in [-0.2, -0.15) is 13.2 Å². The second-order valence-corrected chi connectivity index (χ2v) is 5.69. The van der Waals surface area contributed by atoms with Crippen molar-refractivity contribution in [3.8, 4) is 5.75 Å². The Hall–Kier alpha value is -2.25. The molecular formula is C16H19F3N2O3. The monoisotopic (exact) mass is 344 g/mol. The summed E-state index contributed by atoms with van der Waals surface area (Å²) in [7, 11) is 1.35. The van der Waals surface area contributed by atoms with Gasteiger partial charge in [0.25, 0.3) is 5.91 Å². The molecule has 1 N–H and O–H groups in total. The van der Waals surface area contributed by atoms with Crippen LogP contribution in [0.5, 0.6) is 5.75 Å². The van der Waals surface area contributed by atoms with Crippen molar-refractivity contribution in [2.24, 2.45) is 0 Å². The maximum atomic E-state index is 13.3. The fraction of sp³-hybridized carbons (Fsp3) is 0.500. The molecule has 0 aliphatic carbocycles. The number of hydrogen-bond acceptors (Lipinski definition) is 3. The van der Waals surface area contributed by atoms with Crippen molar-refractivity contribution in [1.29, 1.82) is 0 Å². The zero-order valence-electron chi connectivity index (χ0n) is 13.4. The quantitative estimate of drug-likeness (QED) is 0.916. The van der Waals surface area contributed by atoms with Crippen molar-refractivity contribution in [2.45, 2.75) is 38.0 Å². The second-order valence-electron chi connectivity index (χ2n) is 5.69. The Labute approximate surface area is 137 Å². The number of nitrogens with one attached hydrogen (secondary N) is 1. The summed E-state index contributed by atoms with van der Waals surface area (Å²) in [6, 6.07) is 3.77. The molecule has 8 heteroatoms. The van der Waals surface area contributed by atoms with Gasteiger partial charge in [0.2, 0.25) is 5.91 Å². The van der Waals surface area contributed by atoms with Gasteiger partial charge in [-0.25, -0.2) is 0 Å². The van der Waals surface area contributed by atoms with Crippen LogP contribution in [0.15, 0.2) is 24.3 Å². The fourth-order valence-electron chi connectivity index (χ4n) is 2.92. The Morgan fingerprint density at radius 1 is 1.25 bits per heavy atom. The standard InChI is InChI=1S/C16H19F3N2O3/c1-10(22)20-11-7-8-14(16(17,18)19)21(9-11)15(23)12-5-3-4-6-13(12)24-2/h3-6,11,14H,7-9H2,1-2H3,(H,20,22)/t11-,14-/m0/s1. The highest BCUT2D eigenvalue weighted by Crippen LogP contribution is 2.34. The first kappa shape index (κ1) is 18.1. The lowest BCUT2D eigenvalue weighted by molar-refractivity contribution is -0.184. The molecular weight excluding hydrogens is 325 g/mol. The van der Waals surface area contributed by atoms with Crippen molar-refractivity contribution >= 4 is 11.8 Å². The molecule has 132 valence electrons. The van der Waals surface area contributed by atoms with Crippen LogP contribution < -0.4 is 10.1 Å². The molecule has 0 saturated carbocycles. The smallest absolute Gasteiger partial charge is 0.408 e. The first-order valence-electron chi connectivity index (χ1n) is 7.52. The number of likely N-dealkylation sites (tertiary alicyclic amines) is 1. The zero-order chi connectivity index (χ0) is 17.9. The Kier molecular flexibility index (Phi) is 5.36. The number of rotatable bonds is 3. The predicted molar refractivity (Wildman–Crippen MR) is 80.7 cm³/mol. The molecule has 1 saturated heterocycles. The van der Waals surface area contributed by atoms with Crippen molar-refractivity contribution in [2.75, 3.05) is 13.7 Å². The highest BCUT2D eigenvalue weighted by atomic mass is 19.4. The van der Waals surface area contributed by atoms with Crippen molar-refractivity contribution in [3.63, 3.8) is 0 Å². The highest BCUT2D eigenvalue weighted by Gasteiger charge is 2.48. The summed E-state index contributed by atoms with van der Waals surface area (Å²) in [4.78, 5) is 24.7. The molecule has 0 spiro atoms. The number of amides is 2. The summed E-state index contributed by atoms with van der Waals surface area (Å²) in [5.41, 5.74) is 0.0673. The lowest BCUT2D eigenvalue weighted by Crippen LogP contribution is -2.58. The van der Waals surface area contributed by atoms with Crippen LogP contribution >= 0.6 is 0 Å². The van der Waals surface area contributed by atoms with Gasteiger partial charge in [-0.15, -0.1) is 0 Å². The largest absolute Gasteiger partial charge is 0.496 e. The second kappa shape index (κ2) is 7.11. The normalized spacial score (nSPS) is 21.3. The van der Waals surface area contributed by atoms with Crippen molar-refractivity contribution in [1.82, 2.24) is 10.2 Å². The summed E-state index contributed by atoms with van der Waals surface area (Å²) in [6.07, 6.45) is -4.62. The predicted octanol–water partition coefficient (Wildman–Crippen LogP) is 2.37. The zero-order valence-corrected chi connectivity index (χ0v) is 13.4. The van der Waals surface area contributed by atoms with Gasteiger partial charge in [-0.3, -0.25) is 9.59 Å². The van der Waals surface area contributed by atoms with E-state index in [0.717, 1.165) is 4.90 Å². The molecule has 1 aromatic carbocycles. The van der Waals surface area contributed by atoms with Crippen LogP contribution in [-0.4, -0.2) is 48.6 Å². The molecule has 0 aromatic heterocycles. The molecule has 1 aromatic rings. The number of para-hydroxylation sites is 1. The van der Waals surface area contributed by atoms with Crippen LogP contribution in [-0.2, 0) is 4.79 Å². The van der Waals surface area contributed by atoms with Crippen LogP contribution in [0.4, 0.5) is 13.2 Å². The average Bonchev–Trinajstić information content (AvgIpc) is 2.52. The molecule has 1 heterocycles. The number of benzene rings is 1. The van der Waals surface area contributed by atoms with Gasteiger partial charge < -0.3 is 15.0 Å². The van der Waals surface area contributed by atoms with E-state index in [1.165, 1.54) is 26.2 Å². The van der Waals surface area contributed by atoms with Crippen molar-refractivity contribution < 1.29 is 27.5 Å². The highest BCUT2D eigenvalue weighted by molar-refractivity contribution is 5.97. The van der Waals surface area contributed by atoms with Crippen LogP contribution in [0.25, 0.3) is 0 Å². The number of methoxy groups -OCH3 is 1. The SMILES string of the molecule is COc1ccccc1C(=O)N1C[C@@H](NC(C)=O)CC[C@H]1C(F)(F)F. The molecule has 0 bridgehead atoms. The summed E-state index contributed by atoms with van der Waals surface area (Å²) >= 11 is 0. The summed E-state index contributed by atoms with van der Waals surface area (Å²) < 4.78 is 45.1. The minimum absolute atomic E-state index is 0.0673. The molecule has 1 fully saturated rings. The van der Waals surface area contributed by atoms with E-state index in [1.54, 1.807) is 12.1 Å². The Morgan fingerprint density at radius 3 is 2.50 bits per heavy atom. The molecule has 24 heavy (non-hydrogen) atoms. The van der Waals surface area contributed by atoms with Gasteiger partial charge in [0.05, 0.1) is 12.7 Å². The maximum absolute atomic E-state index is 13.3. The van der Waals surface area contributed by atoms with E-state index in [-0.39, 0.29) is 36.6 Å². The summed E-state index contributed by atoms with van der Waals surface area (Å²) in [5, 5.41) is 2.59. The number of hydrogen-bond donors (Lipinski definition) is 1. The summed E-state index contributed by atoms with van der Waals surface area (Å²) in [6.45, 7) is 1.10. The van der Waals surface area contributed by atoms with Crippen LogP contribution in [0.3, 0.4) is 0 Å². The van der Waals surface area contributed by atoms with E-state index >= 15 is 0 Å². The molecule has 2 amide bonds. The maximum Gasteiger partial charge on any atom is 0.408 e. The lowest BCUT2D eigenvalue weighted by Gasteiger charge is -2.40. The van der Waals surface area contributed by atoms with E-state index in [1.807, 2.05) is 0 Å². The number of nitrogens with zero attached hydrogens (tertiary/aromatic N) is 1. The first-order chi connectivity index (χ1) is 11.2. The van der Waals surface area contributed by atoms with Gasteiger partial charge >= 0.3 is 6.18 Å². The molecule has 5 nitrogen and oxygen atoms in total. The minimum Gasteiger partial charge on any atom is -0.496 e. The van der Waals surface area contributed by atoms with Gasteiger partial charge in [-0.05, 0) is 25.0 Å². The molecule has 1 aliphatic heterocycles. The molecule has 0 unspecified atom stereocenters. The third-order valence-electron chi connectivity index (χ3n) is 3.97. The van der Waals surface area contributed by atoms with Crippen LogP contribution in [0.1, 0.15) is 30.1 Å².